The number of nitrogens with zero attached hydrogens (tertiary/aromatic N) is 5. The zero-order valence-electron chi connectivity index (χ0n) is 27.2. The maximum Gasteiger partial charge on any atom is 0.355 e. The fourth-order valence-electron chi connectivity index (χ4n) is 5.70. The number of nitrogens with one attached hydrogen (secondary N) is 2. The Hall–Kier alpha value is -4.00. The van der Waals surface area contributed by atoms with E-state index in [1.165, 1.54) is 16.7 Å². The fraction of sp³-hybridized carbons (Fsp3) is 0.533. The van der Waals surface area contributed by atoms with E-state index < -0.39 is 47.5 Å². The molecule has 1 aromatic heterocycles. The van der Waals surface area contributed by atoms with E-state index in [9.17, 15) is 29.2 Å². The van der Waals surface area contributed by atoms with Gasteiger partial charge in [0.1, 0.15) is 23.7 Å². The molecule has 0 aromatic carbocycles. The lowest BCUT2D eigenvalue weighted by Crippen LogP contribution is -2.71. The SMILES string of the molecule is CC/C=C(\COC(=O)C1=C(/C=C2\CCN(C3CCNC3)C2=O)CSC2[C@H](NC(=O)/C(=N/O)c3nsc(N)n3)C(=O)N12)C(=O)OCC(C)C.Cl. The lowest BCUT2D eigenvalue weighted by Gasteiger charge is -2.49. The molecule has 3 saturated heterocycles. The van der Waals surface area contributed by atoms with Gasteiger partial charge in [0, 0.05) is 42.0 Å². The highest BCUT2D eigenvalue weighted by molar-refractivity contribution is 8.00. The van der Waals surface area contributed by atoms with E-state index in [-0.39, 0.29) is 64.9 Å². The highest BCUT2D eigenvalue weighted by Crippen LogP contribution is 2.42. The second-order valence-electron chi connectivity index (χ2n) is 11.9. The van der Waals surface area contributed by atoms with Gasteiger partial charge in [-0.3, -0.25) is 19.3 Å². The largest absolute Gasteiger partial charge is 0.462 e. The summed E-state index contributed by atoms with van der Waals surface area (Å²) >= 11 is 2.08. The van der Waals surface area contributed by atoms with Crippen molar-refractivity contribution in [2.75, 3.05) is 44.3 Å². The van der Waals surface area contributed by atoms with Crippen molar-refractivity contribution >= 4 is 76.2 Å². The fourth-order valence-corrected chi connectivity index (χ4v) is 7.44. The molecule has 0 saturated carbocycles. The molecule has 0 aliphatic carbocycles. The number of nitrogens with two attached hydrogens (primary N) is 1. The van der Waals surface area contributed by atoms with E-state index in [0.29, 0.717) is 37.1 Å². The summed E-state index contributed by atoms with van der Waals surface area (Å²) < 4.78 is 14.8. The molecular formula is C30H39ClN8O8S2. The number of halogens is 1. The van der Waals surface area contributed by atoms with Gasteiger partial charge in [0.15, 0.2) is 5.13 Å². The number of esters is 2. The Kier molecular flexibility index (Phi) is 12.8. The normalized spacial score (nSPS) is 23.4. The quantitative estimate of drug-likeness (QED) is 0.0588. The van der Waals surface area contributed by atoms with Gasteiger partial charge < -0.3 is 35.9 Å². The first-order valence-corrected chi connectivity index (χ1v) is 17.4. The third kappa shape index (κ3) is 8.25. The number of hydrogen-bond donors (Lipinski definition) is 4. The summed E-state index contributed by atoms with van der Waals surface area (Å²) in [5, 5.41) is 17.6. The predicted molar refractivity (Wildman–Crippen MR) is 183 cm³/mol. The lowest BCUT2D eigenvalue weighted by atomic mass is 10.0. The monoisotopic (exact) mass is 738 g/mol. The number of thioether (sulfide) groups is 1. The molecule has 266 valence electrons. The maximum absolute atomic E-state index is 13.8. The highest BCUT2D eigenvalue weighted by Gasteiger charge is 2.55. The van der Waals surface area contributed by atoms with Gasteiger partial charge in [-0.05, 0) is 43.4 Å². The molecule has 0 spiro atoms. The van der Waals surface area contributed by atoms with Crippen LogP contribution in [0.25, 0.3) is 0 Å². The average molecular weight is 739 g/mol. The first kappa shape index (κ1) is 37.8. The van der Waals surface area contributed by atoms with Crippen LogP contribution in [0, 0.1) is 5.92 Å². The molecule has 4 aliphatic rings. The van der Waals surface area contributed by atoms with E-state index in [4.69, 9.17) is 15.2 Å². The van der Waals surface area contributed by atoms with Crippen molar-refractivity contribution in [2.45, 2.75) is 57.5 Å². The molecule has 5 rings (SSSR count). The van der Waals surface area contributed by atoms with Crippen molar-refractivity contribution in [1.82, 2.24) is 29.8 Å². The number of anilines is 1. The van der Waals surface area contributed by atoms with Gasteiger partial charge in [-0.15, -0.1) is 24.2 Å². The number of aromatic nitrogens is 2. The Bertz CT molecular complexity index is 1600. The smallest absolute Gasteiger partial charge is 0.355 e. The van der Waals surface area contributed by atoms with Gasteiger partial charge >= 0.3 is 11.9 Å². The van der Waals surface area contributed by atoms with E-state index >= 15 is 0 Å². The molecule has 1 aromatic rings. The highest BCUT2D eigenvalue weighted by atomic mass is 35.5. The Morgan fingerprint density at radius 2 is 2.04 bits per heavy atom. The van der Waals surface area contributed by atoms with Gasteiger partial charge in [-0.2, -0.15) is 9.36 Å². The molecule has 0 bridgehead atoms. The summed E-state index contributed by atoms with van der Waals surface area (Å²) in [6, 6.07) is -0.997. The zero-order valence-corrected chi connectivity index (χ0v) is 29.6. The minimum atomic E-state index is -1.09. The van der Waals surface area contributed by atoms with Gasteiger partial charge in [0.2, 0.25) is 17.4 Å². The Balaban J connectivity index is 0.00000541. The molecule has 16 nitrogen and oxygen atoms in total. The number of fused-ring (bicyclic) bond motifs is 1. The van der Waals surface area contributed by atoms with Crippen LogP contribution < -0.4 is 16.4 Å². The molecule has 5 N–H and O–H groups in total. The standard InChI is InChI=1S/C30H38N8O8S2.ClH/c1-4-5-17(28(42)45-12-15(2)3)13-46-29(43)22-18(10-16-7-9-37(25(16)40)19-6-8-32-11-19)14-47-27-21(26(41)38(22)27)33-24(39)20(35-44)23-34-30(31)48-36-23;/h5,10,15,19,21,27,32,44H,4,6-9,11-14H2,1-3H3,(H,33,39)(H2,31,34,36);1H/b16-10+,17-5+,35-20+;/t19?,21-,27?;/m1./s1. The number of oxime groups is 1. The van der Waals surface area contributed by atoms with Crippen LogP contribution in [-0.4, -0.2) is 116 Å². The van der Waals surface area contributed by atoms with Gasteiger partial charge in [-0.1, -0.05) is 32.0 Å². The summed E-state index contributed by atoms with van der Waals surface area (Å²) in [5.74, 6) is -3.02. The molecule has 5 heterocycles. The van der Waals surface area contributed by atoms with Crippen LogP contribution >= 0.6 is 35.7 Å². The molecule has 19 heteroatoms. The number of ether oxygens (including phenoxy) is 2. The second-order valence-corrected chi connectivity index (χ2v) is 13.8. The molecule has 4 aliphatic heterocycles. The van der Waals surface area contributed by atoms with Crippen LogP contribution in [0.4, 0.5) is 5.13 Å². The van der Waals surface area contributed by atoms with Crippen molar-refractivity contribution < 1.29 is 38.7 Å². The second kappa shape index (κ2) is 16.6. The predicted octanol–water partition coefficient (Wildman–Crippen LogP) is 0.974. The molecular weight excluding hydrogens is 700 g/mol. The van der Waals surface area contributed by atoms with Crippen molar-refractivity contribution in [3.05, 3.63) is 40.4 Å². The number of carbonyl (C=O) groups is 5. The summed E-state index contributed by atoms with van der Waals surface area (Å²) in [5.41, 5.74) is 6.07. The summed E-state index contributed by atoms with van der Waals surface area (Å²) in [7, 11) is 0. The van der Waals surface area contributed by atoms with Crippen molar-refractivity contribution in [2.24, 2.45) is 11.1 Å². The Morgan fingerprint density at radius 1 is 1.27 bits per heavy atom. The van der Waals surface area contributed by atoms with Crippen molar-refractivity contribution in [3.8, 4) is 0 Å². The number of nitrogen functional groups attached to an aromatic ring is 1. The maximum atomic E-state index is 13.8. The van der Waals surface area contributed by atoms with Crippen molar-refractivity contribution in [3.63, 3.8) is 0 Å². The third-order valence-electron chi connectivity index (χ3n) is 8.05. The third-order valence-corrected chi connectivity index (χ3v) is 9.89. The number of rotatable bonds is 12. The van der Waals surface area contributed by atoms with Crippen LogP contribution in [0.15, 0.2) is 39.7 Å². The zero-order chi connectivity index (χ0) is 34.5. The lowest BCUT2D eigenvalue weighted by molar-refractivity contribution is -0.152. The molecule has 49 heavy (non-hydrogen) atoms. The van der Waals surface area contributed by atoms with Gasteiger partial charge in [0.05, 0.1) is 12.2 Å². The minimum absolute atomic E-state index is 0. The number of allylic oxidation sites excluding steroid dienone is 2. The van der Waals surface area contributed by atoms with Crippen LogP contribution in [-0.2, 0) is 33.4 Å². The molecule has 3 amide bonds. The topological polar surface area (TPSA) is 219 Å². The number of likely N-dealkylation sites (tertiary alicyclic amines) is 1. The van der Waals surface area contributed by atoms with Gasteiger partial charge in [-0.25, -0.2) is 9.59 Å². The average Bonchev–Trinajstić information content (AvgIpc) is 3.83. The summed E-state index contributed by atoms with van der Waals surface area (Å²) in [6.45, 7) is 7.54. The molecule has 3 atom stereocenters. The molecule has 0 radical (unpaired) electrons. The number of β-lactam (4-membered cyclic amide) rings is 1. The van der Waals surface area contributed by atoms with Crippen LogP contribution in [0.3, 0.4) is 0 Å². The van der Waals surface area contributed by atoms with E-state index in [0.717, 1.165) is 24.5 Å². The van der Waals surface area contributed by atoms with Gasteiger partial charge in [0.25, 0.3) is 11.8 Å². The van der Waals surface area contributed by atoms with Crippen molar-refractivity contribution in [1.29, 1.82) is 0 Å². The number of hydrogen-bond acceptors (Lipinski definition) is 15. The first-order valence-electron chi connectivity index (χ1n) is 15.6. The number of carbonyl (C=O) groups excluding carboxylic acids is 5. The molecule has 3 fully saturated rings. The molecule has 2 unspecified atom stereocenters. The minimum Gasteiger partial charge on any atom is -0.462 e. The van der Waals surface area contributed by atoms with E-state index in [1.54, 1.807) is 12.2 Å². The van der Waals surface area contributed by atoms with E-state index in [1.807, 2.05) is 25.7 Å². The Morgan fingerprint density at radius 3 is 2.67 bits per heavy atom. The number of amides is 3. The summed E-state index contributed by atoms with van der Waals surface area (Å²) in [6.07, 6.45) is 5.09. The van der Waals surface area contributed by atoms with Crippen LogP contribution in [0.1, 0.15) is 45.9 Å². The van der Waals surface area contributed by atoms with E-state index in [2.05, 4.69) is 25.1 Å². The summed E-state index contributed by atoms with van der Waals surface area (Å²) in [4.78, 5) is 73.3. The Labute approximate surface area is 297 Å². The van der Waals surface area contributed by atoms with Crippen LogP contribution in [0.2, 0.25) is 0 Å². The van der Waals surface area contributed by atoms with Crippen LogP contribution in [0.5, 0.6) is 0 Å². The first-order chi connectivity index (χ1) is 23.0.